The Labute approximate surface area is 149 Å². The molecule has 0 fully saturated rings. The van der Waals surface area contributed by atoms with Gasteiger partial charge in [-0.25, -0.2) is 14.8 Å². The van der Waals surface area contributed by atoms with Crippen molar-refractivity contribution in [3.63, 3.8) is 0 Å². The highest BCUT2D eigenvalue weighted by Crippen LogP contribution is 2.24. The molecule has 0 N–H and O–H groups in total. The van der Waals surface area contributed by atoms with Gasteiger partial charge in [0.2, 0.25) is 5.88 Å². The van der Waals surface area contributed by atoms with Crippen molar-refractivity contribution in [1.82, 2.24) is 9.97 Å². The van der Waals surface area contributed by atoms with E-state index in [9.17, 15) is 4.79 Å². The summed E-state index contributed by atoms with van der Waals surface area (Å²) in [7, 11) is 1.32. The molecule has 1 atom stereocenters. The molecule has 0 aliphatic heterocycles. The molecule has 0 saturated heterocycles. The monoisotopic (exact) mass is 358 g/mol. The van der Waals surface area contributed by atoms with Gasteiger partial charge >= 0.3 is 5.97 Å². The molecule has 2 aromatic carbocycles. The number of methoxy groups -OCH3 is 1. The molecule has 0 bridgehead atoms. The first-order valence-corrected chi connectivity index (χ1v) is 7.87. The van der Waals surface area contributed by atoms with Gasteiger partial charge < -0.3 is 14.2 Å². The molecule has 6 nitrogen and oxygen atoms in total. The van der Waals surface area contributed by atoms with E-state index in [1.54, 1.807) is 49.4 Å². The standard InChI is InChI=1S/C18H15ClN2O4/c1-11(18(22)23-2)24-13-4-6-14(7-5-13)25-17-10-20-16-9-12(19)3-8-15(16)21-17/h3-11H,1-2H3/t11-/m1/s1. The van der Waals surface area contributed by atoms with Gasteiger partial charge in [0.1, 0.15) is 11.5 Å². The predicted molar refractivity (Wildman–Crippen MR) is 93.2 cm³/mol. The molecule has 0 spiro atoms. The van der Waals surface area contributed by atoms with Gasteiger partial charge in [-0.05, 0) is 49.4 Å². The van der Waals surface area contributed by atoms with Crippen LogP contribution in [0.5, 0.6) is 17.4 Å². The SMILES string of the molecule is COC(=O)[C@@H](C)Oc1ccc(Oc2cnc3cc(Cl)ccc3n2)cc1. The maximum Gasteiger partial charge on any atom is 0.346 e. The zero-order valence-electron chi connectivity index (χ0n) is 13.6. The largest absolute Gasteiger partial charge is 0.479 e. The Kier molecular flexibility index (Phi) is 5.00. The lowest BCUT2D eigenvalue weighted by atomic mass is 10.3. The van der Waals surface area contributed by atoms with Gasteiger partial charge in [-0.3, -0.25) is 0 Å². The number of aromatic nitrogens is 2. The molecule has 3 aromatic rings. The van der Waals surface area contributed by atoms with Crippen LogP contribution in [0.1, 0.15) is 6.92 Å². The van der Waals surface area contributed by atoms with Crippen LogP contribution in [0.3, 0.4) is 0 Å². The summed E-state index contributed by atoms with van der Waals surface area (Å²) >= 11 is 5.93. The minimum atomic E-state index is -0.685. The molecule has 128 valence electrons. The van der Waals surface area contributed by atoms with Crippen molar-refractivity contribution >= 4 is 28.6 Å². The second-order valence-corrected chi connectivity index (χ2v) is 5.63. The minimum Gasteiger partial charge on any atom is -0.479 e. The molecule has 1 aromatic heterocycles. The first-order chi connectivity index (χ1) is 12.0. The lowest BCUT2D eigenvalue weighted by molar-refractivity contribution is -0.147. The van der Waals surface area contributed by atoms with E-state index in [4.69, 9.17) is 21.1 Å². The molecular formula is C18H15ClN2O4. The molecule has 1 heterocycles. The number of benzene rings is 2. The highest BCUT2D eigenvalue weighted by Gasteiger charge is 2.14. The fourth-order valence-corrected chi connectivity index (χ4v) is 2.31. The fourth-order valence-electron chi connectivity index (χ4n) is 2.14. The summed E-state index contributed by atoms with van der Waals surface area (Å²) in [4.78, 5) is 20.0. The van der Waals surface area contributed by atoms with Gasteiger partial charge in [-0.15, -0.1) is 0 Å². The molecule has 25 heavy (non-hydrogen) atoms. The molecule has 0 saturated carbocycles. The first-order valence-electron chi connectivity index (χ1n) is 7.50. The van der Waals surface area contributed by atoms with Gasteiger partial charge in [-0.2, -0.15) is 0 Å². The van der Waals surface area contributed by atoms with Crippen LogP contribution >= 0.6 is 11.6 Å². The lowest BCUT2D eigenvalue weighted by Crippen LogP contribution is -2.24. The molecule has 3 rings (SSSR count). The topological polar surface area (TPSA) is 70.5 Å². The average molecular weight is 359 g/mol. The van der Waals surface area contributed by atoms with Crippen LogP contribution in [-0.4, -0.2) is 29.2 Å². The van der Waals surface area contributed by atoms with Gasteiger partial charge in [0.15, 0.2) is 6.10 Å². The van der Waals surface area contributed by atoms with Crippen LogP contribution in [-0.2, 0) is 9.53 Å². The van der Waals surface area contributed by atoms with E-state index in [0.717, 1.165) is 0 Å². The Morgan fingerprint density at radius 3 is 2.52 bits per heavy atom. The van der Waals surface area contributed by atoms with Crippen LogP contribution in [0, 0.1) is 0 Å². The van der Waals surface area contributed by atoms with E-state index in [2.05, 4.69) is 14.7 Å². The second-order valence-electron chi connectivity index (χ2n) is 5.20. The van der Waals surface area contributed by atoms with Crippen molar-refractivity contribution < 1.29 is 19.0 Å². The van der Waals surface area contributed by atoms with E-state index in [1.807, 2.05) is 0 Å². The molecule has 7 heteroatoms. The van der Waals surface area contributed by atoms with E-state index in [1.165, 1.54) is 13.3 Å². The van der Waals surface area contributed by atoms with Gasteiger partial charge in [0.05, 0.1) is 24.3 Å². The van der Waals surface area contributed by atoms with Crippen molar-refractivity contribution in [2.75, 3.05) is 7.11 Å². The maximum absolute atomic E-state index is 11.4. The normalized spacial score (nSPS) is 11.8. The van der Waals surface area contributed by atoms with Gasteiger partial charge in [0, 0.05) is 5.02 Å². The summed E-state index contributed by atoms with van der Waals surface area (Å²) in [5.74, 6) is 1.03. The van der Waals surface area contributed by atoms with Crippen LogP contribution < -0.4 is 9.47 Å². The molecular weight excluding hydrogens is 344 g/mol. The Morgan fingerprint density at radius 2 is 1.80 bits per heavy atom. The summed E-state index contributed by atoms with van der Waals surface area (Å²) in [6, 6.07) is 12.1. The number of hydrogen-bond acceptors (Lipinski definition) is 6. The van der Waals surface area contributed by atoms with Gasteiger partial charge in [0.25, 0.3) is 0 Å². The number of halogens is 1. The molecule has 0 radical (unpaired) electrons. The summed E-state index contributed by atoms with van der Waals surface area (Å²) in [5.41, 5.74) is 1.38. The van der Waals surface area contributed by atoms with Crippen LogP contribution in [0.2, 0.25) is 5.02 Å². The number of nitrogens with zero attached hydrogens (tertiary/aromatic N) is 2. The summed E-state index contributed by atoms with van der Waals surface area (Å²) in [6.07, 6.45) is 0.845. The fraction of sp³-hybridized carbons (Fsp3) is 0.167. The molecule has 0 amide bonds. The predicted octanol–water partition coefficient (Wildman–Crippen LogP) is 4.02. The van der Waals surface area contributed by atoms with E-state index < -0.39 is 12.1 Å². The highest BCUT2D eigenvalue weighted by molar-refractivity contribution is 6.31. The lowest BCUT2D eigenvalue weighted by Gasteiger charge is -2.12. The Bertz CT molecular complexity index is 899. The highest BCUT2D eigenvalue weighted by atomic mass is 35.5. The van der Waals surface area contributed by atoms with Crippen LogP contribution in [0.4, 0.5) is 0 Å². The third-order valence-electron chi connectivity index (χ3n) is 3.37. The van der Waals surface area contributed by atoms with Gasteiger partial charge in [-0.1, -0.05) is 11.6 Å². The summed E-state index contributed by atoms with van der Waals surface area (Å²) in [6.45, 7) is 1.62. The number of fused-ring (bicyclic) bond motifs is 1. The zero-order valence-corrected chi connectivity index (χ0v) is 14.4. The number of ether oxygens (including phenoxy) is 3. The van der Waals surface area contributed by atoms with Crippen LogP contribution in [0.15, 0.2) is 48.7 Å². The number of carbonyl (C=O) groups is 1. The smallest absolute Gasteiger partial charge is 0.346 e. The quantitative estimate of drug-likeness (QED) is 0.642. The van der Waals surface area contributed by atoms with Crippen LogP contribution in [0.25, 0.3) is 11.0 Å². The second kappa shape index (κ2) is 7.36. The third kappa shape index (κ3) is 4.16. The molecule has 0 aliphatic rings. The number of esters is 1. The maximum atomic E-state index is 11.4. The summed E-state index contributed by atoms with van der Waals surface area (Å²) in [5, 5.41) is 0.604. The van der Waals surface area contributed by atoms with Crippen molar-refractivity contribution in [3.05, 3.63) is 53.7 Å². The third-order valence-corrected chi connectivity index (χ3v) is 3.61. The van der Waals surface area contributed by atoms with E-state index in [-0.39, 0.29) is 0 Å². The molecule has 0 unspecified atom stereocenters. The van der Waals surface area contributed by atoms with E-state index >= 15 is 0 Å². The average Bonchev–Trinajstić information content (AvgIpc) is 2.62. The molecule has 0 aliphatic carbocycles. The number of hydrogen-bond donors (Lipinski definition) is 0. The Hall–Kier alpha value is -2.86. The van der Waals surface area contributed by atoms with Crippen molar-refractivity contribution in [3.8, 4) is 17.4 Å². The van der Waals surface area contributed by atoms with Crippen molar-refractivity contribution in [1.29, 1.82) is 0 Å². The Morgan fingerprint density at radius 1 is 1.08 bits per heavy atom. The van der Waals surface area contributed by atoms with E-state index in [0.29, 0.717) is 33.4 Å². The number of carbonyl (C=O) groups excluding carboxylic acids is 1. The first kappa shape index (κ1) is 17.0. The zero-order chi connectivity index (χ0) is 17.8. The summed E-state index contributed by atoms with van der Waals surface area (Å²) < 4.78 is 15.8. The van der Waals surface area contributed by atoms with Crippen molar-refractivity contribution in [2.45, 2.75) is 13.0 Å². The Balaban J connectivity index is 1.71. The number of rotatable bonds is 5. The van der Waals surface area contributed by atoms with Crippen molar-refractivity contribution in [2.24, 2.45) is 0 Å². The minimum absolute atomic E-state index is 0.367.